The van der Waals surface area contributed by atoms with Crippen LogP contribution in [0.25, 0.3) is 0 Å². The van der Waals surface area contributed by atoms with E-state index in [2.05, 4.69) is 34.5 Å². The van der Waals surface area contributed by atoms with E-state index in [1.165, 1.54) is 11.1 Å². The molecule has 108 valence electrons. The van der Waals surface area contributed by atoms with Gasteiger partial charge in [0.25, 0.3) is 0 Å². The number of carbonyl (C=O) groups is 1. The molecular formula is C16H22N2OS. The highest BCUT2D eigenvalue weighted by molar-refractivity contribution is 8.00. The quantitative estimate of drug-likeness (QED) is 0.925. The van der Waals surface area contributed by atoms with Gasteiger partial charge in [-0.05, 0) is 49.2 Å². The number of carbonyl (C=O) groups excluding carboxylic acids is 1. The Labute approximate surface area is 125 Å². The molecule has 0 saturated carbocycles. The van der Waals surface area contributed by atoms with Gasteiger partial charge in [0.2, 0.25) is 5.91 Å². The topological polar surface area (TPSA) is 32.3 Å². The number of benzene rings is 1. The molecule has 1 saturated heterocycles. The Morgan fingerprint density at radius 3 is 3.15 bits per heavy atom. The Morgan fingerprint density at radius 2 is 2.30 bits per heavy atom. The molecule has 2 aliphatic rings. The third-order valence-corrected chi connectivity index (χ3v) is 5.54. The lowest BCUT2D eigenvalue weighted by Crippen LogP contribution is -2.34. The summed E-state index contributed by atoms with van der Waals surface area (Å²) in [6.45, 7) is 2.85. The Bertz CT molecular complexity index is 491. The van der Waals surface area contributed by atoms with Gasteiger partial charge in [-0.15, -0.1) is 11.8 Å². The highest BCUT2D eigenvalue weighted by Gasteiger charge is 2.33. The van der Waals surface area contributed by atoms with Crippen molar-refractivity contribution in [3.8, 4) is 0 Å². The van der Waals surface area contributed by atoms with E-state index in [1.807, 2.05) is 18.8 Å². The van der Waals surface area contributed by atoms with E-state index in [1.54, 1.807) is 0 Å². The number of likely N-dealkylation sites (tertiary alicyclic amines) is 1. The van der Waals surface area contributed by atoms with Gasteiger partial charge >= 0.3 is 0 Å². The molecular weight excluding hydrogens is 268 g/mol. The minimum absolute atomic E-state index is 0.0216. The zero-order valence-electron chi connectivity index (χ0n) is 12.0. The highest BCUT2D eigenvalue weighted by Crippen LogP contribution is 2.38. The Morgan fingerprint density at radius 1 is 1.45 bits per heavy atom. The second-order valence-corrected chi connectivity index (χ2v) is 6.91. The molecule has 0 radical (unpaired) electrons. The van der Waals surface area contributed by atoms with Crippen LogP contribution in [0.15, 0.2) is 24.3 Å². The average molecular weight is 290 g/mol. The molecule has 1 aromatic rings. The van der Waals surface area contributed by atoms with Crippen LogP contribution in [-0.4, -0.2) is 43.2 Å². The van der Waals surface area contributed by atoms with Crippen LogP contribution in [0.4, 0.5) is 0 Å². The summed E-state index contributed by atoms with van der Waals surface area (Å²) in [6.07, 6.45) is 2.22. The summed E-state index contributed by atoms with van der Waals surface area (Å²) in [5.74, 6) is 2.00. The fourth-order valence-electron chi connectivity index (χ4n) is 3.25. The van der Waals surface area contributed by atoms with Crippen LogP contribution < -0.4 is 5.32 Å². The normalized spacial score (nSPS) is 25.6. The minimum atomic E-state index is 0.0216. The van der Waals surface area contributed by atoms with E-state index in [0.717, 1.165) is 38.2 Å². The number of amides is 1. The van der Waals surface area contributed by atoms with Gasteiger partial charge in [-0.3, -0.25) is 4.79 Å². The maximum atomic E-state index is 12.8. The molecule has 1 amide bonds. The number of rotatable bonds is 3. The van der Waals surface area contributed by atoms with Gasteiger partial charge in [0.15, 0.2) is 0 Å². The molecule has 0 aliphatic carbocycles. The Kier molecular flexibility index (Phi) is 4.32. The van der Waals surface area contributed by atoms with E-state index >= 15 is 0 Å². The molecule has 1 aromatic carbocycles. The first-order valence-electron chi connectivity index (χ1n) is 7.42. The summed E-state index contributed by atoms with van der Waals surface area (Å²) in [4.78, 5) is 14.9. The van der Waals surface area contributed by atoms with E-state index in [9.17, 15) is 4.79 Å². The maximum Gasteiger partial charge on any atom is 0.240 e. The van der Waals surface area contributed by atoms with Crippen molar-refractivity contribution in [3.63, 3.8) is 0 Å². The van der Waals surface area contributed by atoms with Crippen LogP contribution in [0, 0.1) is 5.92 Å². The second kappa shape index (κ2) is 6.19. The number of thioether (sulfide) groups is 1. The minimum Gasteiger partial charge on any atom is -0.341 e. The monoisotopic (exact) mass is 290 g/mol. The van der Waals surface area contributed by atoms with Crippen molar-refractivity contribution in [1.82, 2.24) is 10.2 Å². The zero-order valence-corrected chi connectivity index (χ0v) is 12.8. The SMILES string of the molecule is CNC[C@@H]1CCN(C(=O)[C@H]2SCCc3ccccc32)C1. The van der Waals surface area contributed by atoms with Gasteiger partial charge in [-0.1, -0.05) is 24.3 Å². The smallest absolute Gasteiger partial charge is 0.240 e. The van der Waals surface area contributed by atoms with Gasteiger partial charge in [0.1, 0.15) is 5.25 Å². The van der Waals surface area contributed by atoms with Gasteiger partial charge < -0.3 is 10.2 Å². The highest BCUT2D eigenvalue weighted by atomic mass is 32.2. The molecule has 3 rings (SSSR count). The van der Waals surface area contributed by atoms with Crippen molar-refractivity contribution in [3.05, 3.63) is 35.4 Å². The van der Waals surface area contributed by atoms with Crippen LogP contribution in [0.3, 0.4) is 0 Å². The molecule has 2 aliphatic heterocycles. The third-order valence-electron chi connectivity index (χ3n) is 4.31. The van der Waals surface area contributed by atoms with Crippen LogP contribution >= 0.6 is 11.8 Å². The molecule has 0 unspecified atom stereocenters. The number of hydrogen-bond donors (Lipinski definition) is 1. The lowest BCUT2D eigenvalue weighted by atomic mass is 10.0. The number of nitrogens with zero attached hydrogens (tertiary/aromatic N) is 1. The largest absolute Gasteiger partial charge is 0.341 e. The first-order chi connectivity index (χ1) is 9.79. The van der Waals surface area contributed by atoms with Crippen molar-refractivity contribution >= 4 is 17.7 Å². The predicted octanol–water partition coefficient (Wildman–Crippen LogP) is 2.08. The zero-order chi connectivity index (χ0) is 13.9. The van der Waals surface area contributed by atoms with Gasteiger partial charge in [-0.2, -0.15) is 0 Å². The van der Waals surface area contributed by atoms with E-state index in [-0.39, 0.29) is 5.25 Å². The molecule has 2 atom stereocenters. The summed E-state index contributed by atoms with van der Waals surface area (Å²) in [5, 5.41) is 3.24. The van der Waals surface area contributed by atoms with Crippen molar-refractivity contribution in [2.45, 2.75) is 18.1 Å². The first kappa shape index (κ1) is 14.0. The number of hydrogen-bond acceptors (Lipinski definition) is 3. The number of fused-ring (bicyclic) bond motifs is 1. The number of nitrogens with one attached hydrogen (secondary N) is 1. The molecule has 0 aromatic heterocycles. The summed E-state index contributed by atoms with van der Waals surface area (Å²) in [5.41, 5.74) is 2.60. The predicted molar refractivity (Wildman–Crippen MR) is 84.0 cm³/mol. The summed E-state index contributed by atoms with van der Waals surface area (Å²) < 4.78 is 0. The van der Waals surface area contributed by atoms with Crippen LogP contribution in [0.5, 0.6) is 0 Å². The number of aryl methyl sites for hydroxylation is 1. The van der Waals surface area contributed by atoms with Crippen LogP contribution in [0.1, 0.15) is 22.8 Å². The standard InChI is InChI=1S/C16H22N2OS/c1-17-10-12-6-8-18(11-12)16(19)15-14-5-3-2-4-13(14)7-9-20-15/h2-5,12,15,17H,6-11H2,1H3/t12-,15-/m0/s1. The van der Waals surface area contributed by atoms with Crippen molar-refractivity contribution in [2.24, 2.45) is 5.92 Å². The van der Waals surface area contributed by atoms with Gasteiger partial charge in [-0.25, -0.2) is 0 Å². The second-order valence-electron chi connectivity index (χ2n) is 5.70. The summed E-state index contributed by atoms with van der Waals surface area (Å²) >= 11 is 1.81. The molecule has 0 spiro atoms. The summed E-state index contributed by atoms with van der Waals surface area (Å²) in [7, 11) is 1.98. The lowest BCUT2D eigenvalue weighted by Gasteiger charge is -2.28. The van der Waals surface area contributed by atoms with Gasteiger partial charge in [0.05, 0.1) is 0 Å². The molecule has 0 bridgehead atoms. The van der Waals surface area contributed by atoms with Crippen molar-refractivity contribution in [2.75, 3.05) is 32.4 Å². The molecule has 20 heavy (non-hydrogen) atoms. The fourth-order valence-corrected chi connectivity index (χ4v) is 4.53. The molecule has 2 heterocycles. The molecule has 1 N–H and O–H groups in total. The first-order valence-corrected chi connectivity index (χ1v) is 8.47. The van der Waals surface area contributed by atoms with E-state index < -0.39 is 0 Å². The summed E-state index contributed by atoms with van der Waals surface area (Å²) in [6, 6.07) is 8.43. The van der Waals surface area contributed by atoms with E-state index in [0.29, 0.717) is 11.8 Å². The maximum absolute atomic E-state index is 12.8. The van der Waals surface area contributed by atoms with Crippen LogP contribution in [0.2, 0.25) is 0 Å². The van der Waals surface area contributed by atoms with Crippen molar-refractivity contribution < 1.29 is 4.79 Å². The van der Waals surface area contributed by atoms with Crippen LogP contribution in [-0.2, 0) is 11.2 Å². The Hall–Kier alpha value is -1.00. The van der Waals surface area contributed by atoms with E-state index in [4.69, 9.17) is 0 Å². The third kappa shape index (κ3) is 2.72. The molecule has 4 heteroatoms. The average Bonchev–Trinajstić information content (AvgIpc) is 2.95. The van der Waals surface area contributed by atoms with Crippen molar-refractivity contribution in [1.29, 1.82) is 0 Å². The Balaban J connectivity index is 1.73. The molecule has 3 nitrogen and oxygen atoms in total. The van der Waals surface area contributed by atoms with Gasteiger partial charge in [0, 0.05) is 13.1 Å². The lowest BCUT2D eigenvalue weighted by molar-refractivity contribution is -0.129. The molecule has 1 fully saturated rings. The fraction of sp³-hybridized carbons (Fsp3) is 0.562.